The van der Waals surface area contributed by atoms with Crippen molar-refractivity contribution in [3.05, 3.63) is 22.6 Å². The maximum atomic E-state index is 14.9. The van der Waals surface area contributed by atoms with Crippen LogP contribution in [0.2, 0.25) is 0 Å². The molecule has 0 aromatic rings. The molecular weight excluding hydrogens is 235 g/mol. The van der Waals surface area contributed by atoms with E-state index in [1.165, 1.54) is 20.8 Å². The van der Waals surface area contributed by atoms with Crippen LogP contribution in [0.1, 0.15) is 20.8 Å². The van der Waals surface area contributed by atoms with E-state index in [1.54, 1.807) is 18.2 Å². The average Bonchev–Trinajstić information content (AvgIpc) is 2.53. The summed E-state index contributed by atoms with van der Waals surface area (Å²) in [6.07, 6.45) is 0. The summed E-state index contributed by atoms with van der Waals surface area (Å²) in [4.78, 5) is 0. The van der Waals surface area contributed by atoms with Crippen LogP contribution in [0.15, 0.2) is 22.6 Å². The van der Waals surface area contributed by atoms with E-state index in [1.807, 2.05) is 0 Å². The van der Waals surface area contributed by atoms with E-state index >= 15 is 0 Å². The van der Waals surface area contributed by atoms with Gasteiger partial charge in [0.15, 0.2) is 0 Å². The molecule has 0 fully saturated rings. The molecule has 0 saturated carbocycles. The molecule has 1 heterocycles. The van der Waals surface area contributed by atoms with Gasteiger partial charge in [0.25, 0.3) is 5.85 Å². The van der Waals surface area contributed by atoms with Crippen LogP contribution in [0.5, 0.6) is 0 Å². The van der Waals surface area contributed by atoms with Crippen LogP contribution in [0.25, 0.3) is 0 Å². The van der Waals surface area contributed by atoms with E-state index in [0.29, 0.717) is 0 Å². The number of nitrogens with two attached hydrogens (primary N) is 1. The molecule has 0 amide bonds. The Labute approximate surface area is 104 Å². The smallest absolute Gasteiger partial charge is 0.283 e. The Kier molecular flexibility index (Phi) is 3.05. The van der Waals surface area contributed by atoms with Gasteiger partial charge in [0, 0.05) is 5.41 Å². The third kappa shape index (κ3) is 1.67. The van der Waals surface area contributed by atoms with E-state index in [9.17, 15) is 4.39 Å². The molecule has 0 radical (unpaired) electrons. The first-order valence-corrected chi connectivity index (χ1v) is 5.06. The summed E-state index contributed by atoms with van der Waals surface area (Å²) in [5.74, 6) is -2.88. The molecule has 1 aliphatic rings. The van der Waals surface area contributed by atoms with Gasteiger partial charge in [-0.25, -0.2) is 0 Å². The first-order valence-electron chi connectivity index (χ1n) is 5.06. The molecule has 1 aliphatic heterocycles. The SMILES string of the molecule is CC(C)(C)[C@]1(F)OC(N)=C(C#N)C1=C(C#N)C#N. The van der Waals surface area contributed by atoms with Crippen molar-refractivity contribution >= 4 is 0 Å². The number of rotatable bonds is 0. The minimum Gasteiger partial charge on any atom is -0.437 e. The number of nitriles is 3. The van der Waals surface area contributed by atoms with Gasteiger partial charge in [-0.1, -0.05) is 20.8 Å². The van der Waals surface area contributed by atoms with Crippen molar-refractivity contribution < 1.29 is 9.13 Å². The molecular formula is C12H11FN4O. The molecule has 0 saturated heterocycles. The lowest BCUT2D eigenvalue weighted by molar-refractivity contribution is -0.140. The third-order valence-corrected chi connectivity index (χ3v) is 2.62. The van der Waals surface area contributed by atoms with Gasteiger partial charge < -0.3 is 10.5 Å². The van der Waals surface area contributed by atoms with Crippen LogP contribution < -0.4 is 5.73 Å². The molecule has 0 bridgehead atoms. The fourth-order valence-electron chi connectivity index (χ4n) is 1.60. The van der Waals surface area contributed by atoms with E-state index in [2.05, 4.69) is 0 Å². The van der Waals surface area contributed by atoms with Crippen LogP contribution in [-0.2, 0) is 4.74 Å². The molecule has 18 heavy (non-hydrogen) atoms. The predicted molar refractivity (Wildman–Crippen MR) is 59.5 cm³/mol. The lowest BCUT2D eigenvalue weighted by atomic mass is 9.79. The number of allylic oxidation sites excluding steroid dienone is 1. The summed E-state index contributed by atoms with van der Waals surface area (Å²) < 4.78 is 19.9. The number of hydrogen-bond acceptors (Lipinski definition) is 5. The van der Waals surface area contributed by atoms with Crippen molar-refractivity contribution in [3.8, 4) is 18.2 Å². The van der Waals surface area contributed by atoms with Crippen LogP contribution in [0.3, 0.4) is 0 Å². The summed E-state index contributed by atoms with van der Waals surface area (Å²) in [5, 5.41) is 26.7. The molecule has 0 aliphatic carbocycles. The van der Waals surface area contributed by atoms with Crippen LogP contribution in [0.4, 0.5) is 4.39 Å². The van der Waals surface area contributed by atoms with E-state index in [0.717, 1.165) is 0 Å². The Bertz CT molecular complexity index is 561. The topological polar surface area (TPSA) is 107 Å². The van der Waals surface area contributed by atoms with E-state index < -0.39 is 22.7 Å². The third-order valence-electron chi connectivity index (χ3n) is 2.62. The van der Waals surface area contributed by atoms with Crippen molar-refractivity contribution in [1.29, 1.82) is 15.8 Å². The second-order valence-corrected chi connectivity index (χ2v) is 4.77. The van der Waals surface area contributed by atoms with Crippen molar-refractivity contribution in [2.75, 3.05) is 0 Å². The quantitative estimate of drug-likeness (QED) is 0.655. The molecule has 1 rings (SSSR count). The van der Waals surface area contributed by atoms with Crippen LogP contribution in [-0.4, -0.2) is 5.85 Å². The van der Waals surface area contributed by atoms with Gasteiger partial charge >= 0.3 is 0 Å². The zero-order valence-corrected chi connectivity index (χ0v) is 10.2. The summed E-state index contributed by atoms with van der Waals surface area (Å²) in [6, 6.07) is 4.80. The number of ether oxygens (including phenoxy) is 1. The zero-order chi connectivity index (χ0) is 14.1. The summed E-state index contributed by atoms with van der Waals surface area (Å²) >= 11 is 0. The highest BCUT2D eigenvalue weighted by atomic mass is 19.2. The Morgan fingerprint density at radius 2 is 1.78 bits per heavy atom. The Hall–Kier alpha value is -2.52. The number of alkyl halides is 1. The predicted octanol–water partition coefficient (Wildman–Crippen LogP) is 1.77. The molecule has 2 N–H and O–H groups in total. The second-order valence-electron chi connectivity index (χ2n) is 4.77. The van der Waals surface area contributed by atoms with Gasteiger partial charge in [-0.2, -0.15) is 20.2 Å². The molecule has 0 aromatic heterocycles. The lowest BCUT2D eigenvalue weighted by Crippen LogP contribution is -2.41. The Balaban J connectivity index is 3.69. The van der Waals surface area contributed by atoms with Gasteiger partial charge in [-0.15, -0.1) is 0 Å². The van der Waals surface area contributed by atoms with E-state index in [-0.39, 0.29) is 11.1 Å². The van der Waals surface area contributed by atoms with Crippen molar-refractivity contribution in [1.82, 2.24) is 0 Å². The molecule has 0 aromatic carbocycles. The van der Waals surface area contributed by atoms with Crippen molar-refractivity contribution in [2.24, 2.45) is 11.1 Å². The Morgan fingerprint density at radius 3 is 2.11 bits per heavy atom. The maximum Gasteiger partial charge on any atom is 0.283 e. The van der Waals surface area contributed by atoms with Crippen molar-refractivity contribution in [3.63, 3.8) is 0 Å². The molecule has 0 spiro atoms. The van der Waals surface area contributed by atoms with Crippen molar-refractivity contribution in [2.45, 2.75) is 26.6 Å². The summed E-state index contributed by atoms with van der Waals surface area (Å²) in [5.41, 5.74) is 3.15. The monoisotopic (exact) mass is 246 g/mol. The maximum absolute atomic E-state index is 14.9. The summed E-state index contributed by atoms with van der Waals surface area (Å²) in [7, 11) is 0. The Morgan fingerprint density at radius 1 is 1.28 bits per heavy atom. The molecule has 92 valence electrons. The van der Waals surface area contributed by atoms with Gasteiger partial charge in [-0.3, -0.25) is 0 Å². The standard InChI is InChI=1S/C12H11FN4O/c1-11(2,3)12(13)9(7(4-14)5-15)8(6-16)10(17)18-12/h17H2,1-3H3/t12-/m1/s1. The number of nitrogens with zero attached hydrogens (tertiary/aromatic N) is 3. The highest BCUT2D eigenvalue weighted by Gasteiger charge is 2.56. The van der Waals surface area contributed by atoms with Gasteiger partial charge in [-0.05, 0) is 0 Å². The first kappa shape index (κ1) is 13.5. The van der Waals surface area contributed by atoms with Gasteiger partial charge in [0.05, 0.1) is 5.57 Å². The molecule has 1 atom stereocenters. The van der Waals surface area contributed by atoms with Crippen LogP contribution in [0, 0.1) is 39.4 Å². The van der Waals surface area contributed by atoms with Gasteiger partial charge in [0.1, 0.15) is 29.4 Å². The fourth-order valence-corrected chi connectivity index (χ4v) is 1.60. The average molecular weight is 246 g/mol. The molecule has 5 nitrogen and oxygen atoms in total. The highest BCUT2D eigenvalue weighted by molar-refractivity contribution is 5.60. The fraction of sp³-hybridized carbons (Fsp3) is 0.417. The highest BCUT2D eigenvalue weighted by Crippen LogP contribution is 2.50. The lowest BCUT2D eigenvalue weighted by Gasteiger charge is -2.34. The second kappa shape index (κ2) is 4.05. The first-order chi connectivity index (χ1) is 8.22. The number of hydrogen-bond donors (Lipinski definition) is 1. The molecule has 6 heteroatoms. The largest absolute Gasteiger partial charge is 0.437 e. The van der Waals surface area contributed by atoms with E-state index in [4.69, 9.17) is 26.3 Å². The minimum atomic E-state index is -2.47. The molecule has 0 unspecified atom stereocenters. The summed E-state index contributed by atoms with van der Waals surface area (Å²) in [6.45, 7) is 4.56. The van der Waals surface area contributed by atoms with Crippen LogP contribution >= 0.6 is 0 Å². The minimum absolute atomic E-state index is 0.300. The number of halogens is 1. The van der Waals surface area contributed by atoms with Gasteiger partial charge in [0.2, 0.25) is 5.88 Å². The zero-order valence-electron chi connectivity index (χ0n) is 10.2. The normalized spacial score (nSPS) is 22.8.